The Balaban J connectivity index is 1.11. The molecule has 4 heterocycles. The summed E-state index contributed by atoms with van der Waals surface area (Å²) in [6.07, 6.45) is 8.33. The number of piperidine rings is 1. The van der Waals surface area contributed by atoms with E-state index in [1.54, 1.807) is 23.0 Å². The van der Waals surface area contributed by atoms with Crippen molar-refractivity contribution in [2.24, 2.45) is 5.92 Å². The lowest BCUT2D eigenvalue weighted by Crippen LogP contribution is -2.36. The second kappa shape index (κ2) is 9.14. The molecule has 0 spiro atoms. The molecule has 2 aliphatic rings. The summed E-state index contributed by atoms with van der Waals surface area (Å²) in [6.45, 7) is 2.63. The van der Waals surface area contributed by atoms with Gasteiger partial charge in [0.1, 0.15) is 5.82 Å². The number of aromatic nitrogens is 4. The van der Waals surface area contributed by atoms with Gasteiger partial charge in [-0.3, -0.25) is 4.68 Å². The minimum Gasteiger partial charge on any atom is -0.465 e. The minimum absolute atomic E-state index is 0.00506. The molecule has 0 bridgehead atoms. The molecule has 9 heteroatoms. The molecule has 2 aromatic heterocycles. The first-order chi connectivity index (χ1) is 17.6. The molecule has 0 aliphatic carbocycles. The van der Waals surface area contributed by atoms with Gasteiger partial charge < -0.3 is 19.9 Å². The van der Waals surface area contributed by atoms with E-state index in [0.29, 0.717) is 19.0 Å². The zero-order valence-corrected chi connectivity index (χ0v) is 19.7. The molecular weight excluding hydrogens is 459 g/mol. The quantitative estimate of drug-likeness (QED) is 0.415. The van der Waals surface area contributed by atoms with Crippen LogP contribution in [0.3, 0.4) is 0 Å². The summed E-state index contributed by atoms with van der Waals surface area (Å²) >= 11 is 0. The number of carbonyl (C=O) groups is 1. The normalized spacial score (nSPS) is 17.1. The first-order valence-corrected chi connectivity index (χ1v) is 12.2. The number of imidazole rings is 1. The van der Waals surface area contributed by atoms with Crippen molar-refractivity contribution in [1.29, 1.82) is 0 Å². The smallest absolute Gasteiger partial charge is 0.404 e. The van der Waals surface area contributed by atoms with Gasteiger partial charge in [-0.25, -0.2) is 14.2 Å². The van der Waals surface area contributed by atoms with Crippen molar-refractivity contribution in [3.8, 4) is 22.4 Å². The molecule has 1 saturated heterocycles. The van der Waals surface area contributed by atoms with Crippen LogP contribution < -0.4 is 10.2 Å². The number of amides is 1. The molecule has 0 saturated carbocycles. The lowest BCUT2D eigenvalue weighted by atomic mass is 9.85. The van der Waals surface area contributed by atoms with Crippen LogP contribution in [0.4, 0.5) is 14.9 Å². The molecule has 1 fully saturated rings. The molecular formula is C27H27FN6O2. The van der Waals surface area contributed by atoms with Crippen molar-refractivity contribution < 1.29 is 14.3 Å². The van der Waals surface area contributed by atoms with E-state index in [4.69, 9.17) is 5.11 Å². The van der Waals surface area contributed by atoms with Gasteiger partial charge in [-0.1, -0.05) is 24.3 Å². The van der Waals surface area contributed by atoms with Crippen LogP contribution in [0, 0.1) is 11.7 Å². The maximum Gasteiger partial charge on any atom is 0.404 e. The molecule has 0 radical (unpaired) electrons. The van der Waals surface area contributed by atoms with Crippen molar-refractivity contribution in [1.82, 2.24) is 24.6 Å². The van der Waals surface area contributed by atoms with Crippen molar-refractivity contribution in [3.05, 3.63) is 78.8 Å². The van der Waals surface area contributed by atoms with Gasteiger partial charge in [0.2, 0.25) is 0 Å². The van der Waals surface area contributed by atoms with E-state index >= 15 is 0 Å². The lowest BCUT2D eigenvalue weighted by Gasteiger charge is -2.37. The third-order valence-electron chi connectivity index (χ3n) is 7.39. The van der Waals surface area contributed by atoms with Crippen LogP contribution in [0.2, 0.25) is 0 Å². The van der Waals surface area contributed by atoms with Crippen LogP contribution in [0.5, 0.6) is 0 Å². The number of nitrogens with zero attached hydrogens (tertiary/aromatic N) is 5. The molecule has 1 amide bonds. The molecule has 1 unspecified atom stereocenters. The van der Waals surface area contributed by atoms with E-state index in [9.17, 15) is 9.18 Å². The number of rotatable bonds is 6. The van der Waals surface area contributed by atoms with E-state index in [1.807, 2.05) is 24.8 Å². The van der Waals surface area contributed by atoms with Crippen molar-refractivity contribution in [2.45, 2.75) is 25.4 Å². The number of nitrogens with one attached hydrogen (secondary N) is 1. The molecule has 36 heavy (non-hydrogen) atoms. The van der Waals surface area contributed by atoms with Gasteiger partial charge in [-0.05, 0) is 42.5 Å². The highest BCUT2D eigenvalue weighted by atomic mass is 19.1. The van der Waals surface area contributed by atoms with E-state index in [-0.39, 0.29) is 11.9 Å². The third kappa shape index (κ3) is 4.00. The van der Waals surface area contributed by atoms with Crippen LogP contribution in [0.15, 0.2) is 67.4 Å². The number of benzene rings is 2. The van der Waals surface area contributed by atoms with E-state index in [1.165, 1.54) is 5.69 Å². The van der Waals surface area contributed by atoms with E-state index in [0.717, 1.165) is 53.9 Å². The molecule has 2 aliphatic heterocycles. The van der Waals surface area contributed by atoms with Crippen LogP contribution >= 0.6 is 0 Å². The van der Waals surface area contributed by atoms with E-state index in [2.05, 4.69) is 49.1 Å². The number of fused-ring (bicyclic) bond motifs is 3. The Bertz CT molecular complexity index is 1390. The fraction of sp³-hybridized carbons (Fsp3) is 0.296. The summed E-state index contributed by atoms with van der Waals surface area (Å²) in [5.41, 5.74) is 6.03. The van der Waals surface area contributed by atoms with Gasteiger partial charge >= 0.3 is 6.09 Å². The summed E-state index contributed by atoms with van der Waals surface area (Å²) in [5, 5.41) is 15.4. The van der Waals surface area contributed by atoms with Gasteiger partial charge in [-0.15, -0.1) is 0 Å². The summed E-state index contributed by atoms with van der Waals surface area (Å²) in [4.78, 5) is 17.3. The average Bonchev–Trinajstić information content (AvgIpc) is 3.61. The van der Waals surface area contributed by atoms with Gasteiger partial charge in [0, 0.05) is 48.2 Å². The lowest BCUT2D eigenvalue weighted by molar-refractivity contribution is 0.194. The zero-order chi connectivity index (χ0) is 24.6. The van der Waals surface area contributed by atoms with Gasteiger partial charge in [0.05, 0.1) is 37.0 Å². The fourth-order valence-corrected chi connectivity index (χ4v) is 5.65. The van der Waals surface area contributed by atoms with E-state index < -0.39 is 6.09 Å². The Hall–Kier alpha value is -4.14. The molecule has 2 N–H and O–H groups in total. The van der Waals surface area contributed by atoms with Gasteiger partial charge in [0.15, 0.2) is 0 Å². The maximum absolute atomic E-state index is 14.9. The number of anilines is 1. The Morgan fingerprint density at radius 1 is 1.08 bits per heavy atom. The van der Waals surface area contributed by atoms with Crippen LogP contribution in [-0.4, -0.2) is 50.2 Å². The minimum atomic E-state index is -1.03. The average molecular weight is 487 g/mol. The third-order valence-corrected chi connectivity index (χ3v) is 7.39. The second-order valence-electron chi connectivity index (χ2n) is 9.43. The van der Waals surface area contributed by atoms with Gasteiger partial charge in [0.25, 0.3) is 0 Å². The predicted octanol–water partition coefficient (Wildman–Crippen LogP) is 4.64. The second-order valence-corrected chi connectivity index (χ2v) is 9.43. The highest BCUT2D eigenvalue weighted by Gasteiger charge is 2.37. The van der Waals surface area contributed by atoms with Crippen LogP contribution in [0.1, 0.15) is 24.4 Å². The highest BCUT2D eigenvalue weighted by molar-refractivity contribution is 5.69. The Kier molecular flexibility index (Phi) is 5.67. The maximum atomic E-state index is 14.9. The zero-order valence-electron chi connectivity index (χ0n) is 19.7. The Labute approximate surface area is 208 Å². The fourth-order valence-electron chi connectivity index (χ4n) is 5.65. The Morgan fingerprint density at radius 3 is 2.67 bits per heavy atom. The van der Waals surface area contributed by atoms with Crippen molar-refractivity contribution in [2.75, 3.05) is 24.5 Å². The predicted molar refractivity (Wildman–Crippen MR) is 134 cm³/mol. The summed E-state index contributed by atoms with van der Waals surface area (Å²) < 4.78 is 18.8. The SMILES string of the molecule is O=C(O)NCCn1cc(-c2ccc(N3CCC(C4c5c(F)cccc5-c5cncn54)CC3)cc2)cn1. The number of hydrogen-bond donors (Lipinski definition) is 2. The number of carboxylic acid groups (broad SMARTS) is 1. The van der Waals surface area contributed by atoms with Crippen molar-refractivity contribution >= 4 is 11.8 Å². The summed E-state index contributed by atoms with van der Waals surface area (Å²) in [5.74, 6) is 0.230. The molecule has 1 atom stereocenters. The standard InChI is InChI=1S/C27H27FN6O2/c28-23-3-1-2-22-24-15-29-17-34(24)26(25(22)23)19-8-11-32(12-9-19)21-6-4-18(5-7-21)20-14-31-33(16-20)13-10-30-27(35)36/h1-7,14-17,19,26,30H,8-13H2,(H,35,36). The summed E-state index contributed by atoms with van der Waals surface area (Å²) in [6, 6.07) is 13.8. The van der Waals surface area contributed by atoms with Crippen LogP contribution in [0.25, 0.3) is 22.4 Å². The monoisotopic (exact) mass is 486 g/mol. The molecule has 8 nitrogen and oxygen atoms in total. The largest absolute Gasteiger partial charge is 0.465 e. The first kappa shape index (κ1) is 22.3. The molecule has 6 rings (SSSR count). The van der Waals surface area contributed by atoms with Gasteiger partial charge in [-0.2, -0.15) is 5.10 Å². The first-order valence-electron chi connectivity index (χ1n) is 12.2. The van der Waals surface area contributed by atoms with Crippen molar-refractivity contribution in [3.63, 3.8) is 0 Å². The summed E-state index contributed by atoms with van der Waals surface area (Å²) in [7, 11) is 0. The number of hydrogen-bond acceptors (Lipinski definition) is 4. The Morgan fingerprint density at radius 2 is 1.89 bits per heavy atom. The highest BCUT2D eigenvalue weighted by Crippen LogP contribution is 2.47. The molecule has 2 aromatic carbocycles. The molecule has 184 valence electrons. The van der Waals surface area contributed by atoms with Crippen LogP contribution in [-0.2, 0) is 6.54 Å². The molecule has 4 aromatic rings. The number of halogens is 1. The topological polar surface area (TPSA) is 88.2 Å².